The lowest BCUT2D eigenvalue weighted by molar-refractivity contribution is -0.137. The Kier molecular flexibility index (Phi) is 5.20. The fourth-order valence-corrected chi connectivity index (χ4v) is 3.06. The second-order valence-corrected chi connectivity index (χ2v) is 6.42. The normalized spacial score (nSPS) is 14.9. The average molecular weight is 380 g/mol. The minimum absolute atomic E-state index is 0.148. The van der Waals surface area contributed by atoms with Gasteiger partial charge >= 0.3 is 6.18 Å². The maximum atomic E-state index is 12.8. The summed E-state index contributed by atoms with van der Waals surface area (Å²) < 4.78 is 39.9. The SMILES string of the molecule is Cn1ncc(NC(=O)c2cccc(C(F)(F)F)c2)c1C(=O)N1CCCCC1. The molecule has 0 spiro atoms. The molecule has 27 heavy (non-hydrogen) atoms. The molecule has 0 bridgehead atoms. The molecule has 1 N–H and O–H groups in total. The number of piperidine rings is 1. The van der Waals surface area contributed by atoms with Gasteiger partial charge < -0.3 is 10.2 Å². The van der Waals surface area contributed by atoms with E-state index >= 15 is 0 Å². The van der Waals surface area contributed by atoms with Crippen LogP contribution < -0.4 is 5.32 Å². The summed E-state index contributed by atoms with van der Waals surface area (Å²) >= 11 is 0. The number of nitrogens with zero attached hydrogens (tertiary/aromatic N) is 3. The van der Waals surface area contributed by atoms with Crippen molar-refractivity contribution in [2.45, 2.75) is 25.4 Å². The van der Waals surface area contributed by atoms with Gasteiger partial charge in [0, 0.05) is 25.7 Å². The lowest BCUT2D eigenvalue weighted by Gasteiger charge is -2.27. The van der Waals surface area contributed by atoms with Crippen LogP contribution in [-0.2, 0) is 13.2 Å². The molecule has 144 valence electrons. The number of carbonyl (C=O) groups is 2. The first-order valence-corrected chi connectivity index (χ1v) is 8.57. The smallest absolute Gasteiger partial charge is 0.337 e. The van der Waals surface area contributed by atoms with E-state index in [1.165, 1.54) is 23.0 Å². The Bertz CT molecular complexity index is 855. The summed E-state index contributed by atoms with van der Waals surface area (Å²) in [7, 11) is 1.58. The molecule has 6 nitrogen and oxygen atoms in total. The van der Waals surface area contributed by atoms with Gasteiger partial charge in [0.25, 0.3) is 11.8 Å². The van der Waals surface area contributed by atoms with Gasteiger partial charge in [-0.3, -0.25) is 14.3 Å². The number of aromatic nitrogens is 2. The van der Waals surface area contributed by atoms with Crippen LogP contribution >= 0.6 is 0 Å². The van der Waals surface area contributed by atoms with E-state index in [1.54, 1.807) is 11.9 Å². The van der Waals surface area contributed by atoms with E-state index in [0.29, 0.717) is 13.1 Å². The fraction of sp³-hybridized carbons (Fsp3) is 0.389. The summed E-state index contributed by atoms with van der Waals surface area (Å²) in [6, 6.07) is 4.12. The standard InChI is InChI=1S/C18H19F3N4O2/c1-24-15(17(27)25-8-3-2-4-9-25)14(11-22-24)23-16(26)12-6-5-7-13(10-12)18(19,20)21/h5-7,10-11H,2-4,8-9H2,1H3,(H,23,26). The number of carbonyl (C=O) groups excluding carboxylic acids is 2. The second-order valence-electron chi connectivity index (χ2n) is 6.42. The van der Waals surface area contributed by atoms with Gasteiger partial charge in [-0.2, -0.15) is 18.3 Å². The molecule has 1 aromatic heterocycles. The van der Waals surface area contributed by atoms with Crippen molar-refractivity contribution >= 4 is 17.5 Å². The van der Waals surface area contributed by atoms with Gasteiger partial charge in [0.2, 0.25) is 0 Å². The lowest BCUT2D eigenvalue weighted by atomic mass is 10.1. The number of likely N-dealkylation sites (tertiary alicyclic amines) is 1. The number of benzene rings is 1. The molecule has 9 heteroatoms. The van der Waals surface area contributed by atoms with Gasteiger partial charge in [0.15, 0.2) is 0 Å². The number of aryl methyl sites for hydroxylation is 1. The summed E-state index contributed by atoms with van der Waals surface area (Å²) in [4.78, 5) is 26.9. The van der Waals surface area contributed by atoms with Crippen LogP contribution in [0.15, 0.2) is 30.5 Å². The van der Waals surface area contributed by atoms with Crippen LogP contribution in [0.25, 0.3) is 0 Å². The Balaban J connectivity index is 1.82. The Morgan fingerprint density at radius 3 is 2.52 bits per heavy atom. The van der Waals surface area contributed by atoms with Crippen LogP contribution in [0.3, 0.4) is 0 Å². The van der Waals surface area contributed by atoms with Gasteiger partial charge in [-0.25, -0.2) is 0 Å². The van der Waals surface area contributed by atoms with E-state index in [0.717, 1.165) is 31.4 Å². The third-order valence-corrected chi connectivity index (χ3v) is 4.48. The van der Waals surface area contributed by atoms with E-state index in [2.05, 4.69) is 10.4 Å². The summed E-state index contributed by atoms with van der Waals surface area (Å²) in [5, 5.41) is 6.52. The largest absolute Gasteiger partial charge is 0.416 e. The highest BCUT2D eigenvalue weighted by Crippen LogP contribution is 2.30. The van der Waals surface area contributed by atoms with Crippen molar-refractivity contribution in [2.24, 2.45) is 7.05 Å². The minimum atomic E-state index is -4.54. The predicted molar refractivity (Wildman–Crippen MR) is 92.4 cm³/mol. The molecule has 1 saturated heterocycles. The molecule has 0 radical (unpaired) electrons. The number of alkyl halides is 3. The molecule has 1 aliphatic rings. The van der Waals surface area contributed by atoms with Gasteiger partial charge in [-0.05, 0) is 37.5 Å². The zero-order valence-corrected chi connectivity index (χ0v) is 14.7. The number of rotatable bonds is 3. The minimum Gasteiger partial charge on any atom is -0.337 e. The monoisotopic (exact) mass is 380 g/mol. The number of amides is 2. The Labute approximate surface area is 154 Å². The van der Waals surface area contributed by atoms with Crippen LogP contribution in [0.1, 0.15) is 45.7 Å². The Hall–Kier alpha value is -2.84. The summed E-state index contributed by atoms with van der Waals surface area (Å²) in [5.74, 6) is -0.990. The number of nitrogens with one attached hydrogen (secondary N) is 1. The highest BCUT2D eigenvalue weighted by molar-refractivity contribution is 6.08. The van der Waals surface area contributed by atoms with Crippen LogP contribution in [-0.4, -0.2) is 39.6 Å². The lowest BCUT2D eigenvalue weighted by Crippen LogP contribution is -2.37. The molecule has 1 fully saturated rings. The second kappa shape index (κ2) is 7.42. The predicted octanol–water partition coefficient (Wildman–Crippen LogP) is 3.32. The molecule has 0 saturated carbocycles. The molecular formula is C18H19F3N4O2. The zero-order chi connectivity index (χ0) is 19.6. The van der Waals surface area contributed by atoms with E-state index in [1.807, 2.05) is 0 Å². The van der Waals surface area contributed by atoms with Crippen LogP contribution in [0.4, 0.5) is 18.9 Å². The molecule has 1 aliphatic heterocycles. The third-order valence-electron chi connectivity index (χ3n) is 4.48. The van der Waals surface area contributed by atoms with Crippen molar-refractivity contribution in [1.82, 2.24) is 14.7 Å². The van der Waals surface area contributed by atoms with E-state index in [-0.39, 0.29) is 22.9 Å². The van der Waals surface area contributed by atoms with Crippen molar-refractivity contribution in [1.29, 1.82) is 0 Å². The molecule has 3 rings (SSSR count). The quantitative estimate of drug-likeness (QED) is 0.888. The molecule has 1 aromatic carbocycles. The highest BCUT2D eigenvalue weighted by atomic mass is 19.4. The van der Waals surface area contributed by atoms with Gasteiger partial charge in [-0.15, -0.1) is 0 Å². The molecule has 2 amide bonds. The Morgan fingerprint density at radius 2 is 1.85 bits per heavy atom. The fourth-order valence-electron chi connectivity index (χ4n) is 3.06. The van der Waals surface area contributed by atoms with Crippen LogP contribution in [0, 0.1) is 0 Å². The highest BCUT2D eigenvalue weighted by Gasteiger charge is 2.31. The molecular weight excluding hydrogens is 361 g/mol. The number of halogens is 3. The van der Waals surface area contributed by atoms with Crippen molar-refractivity contribution < 1.29 is 22.8 Å². The van der Waals surface area contributed by atoms with Gasteiger partial charge in [0.1, 0.15) is 5.69 Å². The molecule has 2 heterocycles. The van der Waals surface area contributed by atoms with E-state index in [9.17, 15) is 22.8 Å². The molecule has 2 aromatic rings. The molecule has 0 aliphatic carbocycles. The van der Waals surface area contributed by atoms with Crippen molar-refractivity contribution in [3.63, 3.8) is 0 Å². The number of hydrogen-bond donors (Lipinski definition) is 1. The first kappa shape index (κ1) is 18.9. The maximum absolute atomic E-state index is 12.8. The van der Waals surface area contributed by atoms with Crippen molar-refractivity contribution in [2.75, 3.05) is 18.4 Å². The number of hydrogen-bond acceptors (Lipinski definition) is 3. The zero-order valence-electron chi connectivity index (χ0n) is 14.7. The van der Waals surface area contributed by atoms with Crippen molar-refractivity contribution in [3.05, 3.63) is 47.3 Å². The van der Waals surface area contributed by atoms with Crippen LogP contribution in [0.5, 0.6) is 0 Å². The topological polar surface area (TPSA) is 67.2 Å². The first-order chi connectivity index (χ1) is 12.8. The van der Waals surface area contributed by atoms with Crippen LogP contribution in [0.2, 0.25) is 0 Å². The van der Waals surface area contributed by atoms with Gasteiger partial charge in [0.05, 0.1) is 17.4 Å². The maximum Gasteiger partial charge on any atom is 0.416 e. The van der Waals surface area contributed by atoms with E-state index < -0.39 is 17.6 Å². The molecule has 0 unspecified atom stereocenters. The van der Waals surface area contributed by atoms with Crippen molar-refractivity contribution in [3.8, 4) is 0 Å². The number of anilines is 1. The summed E-state index contributed by atoms with van der Waals surface area (Å²) in [6.07, 6.45) is -0.331. The summed E-state index contributed by atoms with van der Waals surface area (Å²) in [6.45, 7) is 1.26. The van der Waals surface area contributed by atoms with Gasteiger partial charge in [-0.1, -0.05) is 6.07 Å². The van der Waals surface area contributed by atoms with E-state index in [4.69, 9.17) is 0 Å². The third kappa shape index (κ3) is 4.12. The Morgan fingerprint density at radius 1 is 1.15 bits per heavy atom. The molecule has 0 atom stereocenters. The summed E-state index contributed by atoms with van der Waals surface area (Å²) in [5.41, 5.74) is -0.677. The first-order valence-electron chi connectivity index (χ1n) is 8.57. The average Bonchev–Trinajstić information content (AvgIpc) is 3.01.